The second-order valence-electron chi connectivity index (χ2n) is 9.41. The van der Waals surface area contributed by atoms with Crippen LogP contribution in [0.3, 0.4) is 0 Å². The lowest BCUT2D eigenvalue weighted by molar-refractivity contribution is -0.176. The summed E-state index contributed by atoms with van der Waals surface area (Å²) in [4.78, 5) is 52.2. The lowest BCUT2D eigenvalue weighted by Crippen LogP contribution is -2.57. The zero-order chi connectivity index (χ0) is 22.8. The molecule has 3 heterocycles. The maximum Gasteiger partial charge on any atom is 0.391 e. The number of imide groups is 1. The van der Waals surface area contributed by atoms with Gasteiger partial charge in [-0.25, -0.2) is 0 Å². The van der Waals surface area contributed by atoms with Gasteiger partial charge in [-0.15, -0.1) is 0 Å². The molecular formula is C22H22F3N3O4. The molecule has 3 aliphatic heterocycles. The van der Waals surface area contributed by atoms with E-state index in [0.717, 1.165) is 0 Å². The number of alkyl halides is 3. The molecule has 0 bridgehead atoms. The molecule has 10 heteroatoms. The molecule has 7 nitrogen and oxygen atoms in total. The molecule has 2 unspecified atom stereocenters. The molecule has 32 heavy (non-hydrogen) atoms. The molecule has 4 amide bonds. The molecule has 2 saturated heterocycles. The Kier molecular flexibility index (Phi) is 4.62. The maximum atomic E-state index is 13.0. The molecule has 3 fully saturated rings. The molecule has 5 rings (SSSR count). The third-order valence-corrected chi connectivity index (χ3v) is 7.28. The number of hydrogen-bond acceptors (Lipinski definition) is 4. The summed E-state index contributed by atoms with van der Waals surface area (Å²) in [6, 6.07) is 4.00. The lowest BCUT2D eigenvalue weighted by Gasteiger charge is -2.48. The Balaban J connectivity index is 1.26. The zero-order valence-corrected chi connectivity index (χ0v) is 17.2. The van der Waals surface area contributed by atoms with Crippen molar-refractivity contribution in [1.82, 2.24) is 15.1 Å². The second kappa shape index (κ2) is 7.05. The highest BCUT2D eigenvalue weighted by Crippen LogP contribution is 2.53. The largest absolute Gasteiger partial charge is 0.391 e. The first-order valence-electron chi connectivity index (χ1n) is 10.7. The molecule has 2 atom stereocenters. The molecule has 1 spiro atoms. The second-order valence-corrected chi connectivity index (χ2v) is 9.41. The van der Waals surface area contributed by atoms with Crippen LogP contribution in [0.1, 0.15) is 58.4 Å². The molecule has 1 saturated carbocycles. The van der Waals surface area contributed by atoms with E-state index >= 15 is 0 Å². The number of benzene rings is 1. The molecule has 170 valence electrons. The van der Waals surface area contributed by atoms with Gasteiger partial charge in [0.25, 0.3) is 11.8 Å². The number of rotatable bonds is 2. The Morgan fingerprint density at radius 1 is 1.12 bits per heavy atom. The summed E-state index contributed by atoms with van der Waals surface area (Å²) < 4.78 is 39.0. The fourth-order valence-electron chi connectivity index (χ4n) is 5.57. The number of amides is 4. The Morgan fingerprint density at radius 2 is 1.88 bits per heavy atom. The highest BCUT2D eigenvalue weighted by Gasteiger charge is 2.55. The fourth-order valence-corrected chi connectivity index (χ4v) is 5.57. The van der Waals surface area contributed by atoms with Gasteiger partial charge in [-0.1, -0.05) is 0 Å². The van der Waals surface area contributed by atoms with Crippen molar-refractivity contribution < 1.29 is 32.3 Å². The van der Waals surface area contributed by atoms with Crippen LogP contribution < -0.4 is 5.32 Å². The third kappa shape index (κ3) is 3.36. The normalized spacial score (nSPS) is 26.9. The molecule has 1 N–H and O–H groups in total. The van der Waals surface area contributed by atoms with Crippen LogP contribution in [0.5, 0.6) is 0 Å². The SMILES string of the molecule is O=C1CCC(N2Cc3cc(C(=O)N4CC5(CCC(C(F)(F)F)C5)C4)ccc3C2=O)C(=O)N1. The van der Waals surface area contributed by atoms with Crippen LogP contribution in [0.15, 0.2) is 18.2 Å². The van der Waals surface area contributed by atoms with Gasteiger partial charge in [-0.2, -0.15) is 13.2 Å². The van der Waals surface area contributed by atoms with E-state index in [4.69, 9.17) is 0 Å². The third-order valence-electron chi connectivity index (χ3n) is 7.28. The van der Waals surface area contributed by atoms with Crippen molar-refractivity contribution in [3.8, 4) is 0 Å². The van der Waals surface area contributed by atoms with E-state index in [9.17, 15) is 32.3 Å². The van der Waals surface area contributed by atoms with Gasteiger partial charge >= 0.3 is 6.18 Å². The molecule has 1 aliphatic carbocycles. The van der Waals surface area contributed by atoms with E-state index in [2.05, 4.69) is 5.32 Å². The van der Waals surface area contributed by atoms with Gasteiger partial charge in [0.2, 0.25) is 11.8 Å². The minimum atomic E-state index is -4.19. The summed E-state index contributed by atoms with van der Waals surface area (Å²) in [6.45, 7) is 0.798. The van der Waals surface area contributed by atoms with Gasteiger partial charge in [-0.05, 0) is 49.4 Å². The van der Waals surface area contributed by atoms with Crippen molar-refractivity contribution in [2.24, 2.45) is 11.3 Å². The van der Waals surface area contributed by atoms with Gasteiger partial charge in [0, 0.05) is 42.6 Å². The van der Waals surface area contributed by atoms with Crippen LogP contribution >= 0.6 is 0 Å². The summed E-state index contributed by atoms with van der Waals surface area (Å²) in [6.07, 6.45) is -3.12. The van der Waals surface area contributed by atoms with Gasteiger partial charge in [0.15, 0.2) is 0 Å². The van der Waals surface area contributed by atoms with E-state index in [0.29, 0.717) is 36.2 Å². The molecule has 0 radical (unpaired) electrons. The highest BCUT2D eigenvalue weighted by atomic mass is 19.4. The number of hydrogen-bond donors (Lipinski definition) is 1. The zero-order valence-electron chi connectivity index (χ0n) is 17.2. The topological polar surface area (TPSA) is 86.8 Å². The molecule has 4 aliphatic rings. The Morgan fingerprint density at radius 3 is 2.53 bits per heavy atom. The van der Waals surface area contributed by atoms with Crippen molar-refractivity contribution in [2.45, 2.75) is 50.9 Å². The van der Waals surface area contributed by atoms with Crippen LogP contribution in [-0.4, -0.2) is 58.7 Å². The number of likely N-dealkylation sites (tertiary alicyclic amines) is 1. The predicted molar refractivity (Wildman–Crippen MR) is 104 cm³/mol. The smallest absolute Gasteiger partial charge is 0.337 e. The maximum absolute atomic E-state index is 13.0. The van der Waals surface area contributed by atoms with Gasteiger partial charge < -0.3 is 9.80 Å². The first-order chi connectivity index (χ1) is 15.1. The average molecular weight is 449 g/mol. The predicted octanol–water partition coefficient (Wildman–Crippen LogP) is 2.25. The van der Waals surface area contributed by atoms with E-state index < -0.39 is 29.5 Å². The lowest BCUT2D eigenvalue weighted by atomic mass is 9.77. The van der Waals surface area contributed by atoms with Crippen molar-refractivity contribution in [2.75, 3.05) is 13.1 Å². The summed E-state index contributed by atoms with van der Waals surface area (Å²) in [5.41, 5.74) is 0.973. The highest BCUT2D eigenvalue weighted by molar-refractivity contribution is 6.06. The number of fused-ring (bicyclic) bond motifs is 1. The van der Waals surface area contributed by atoms with Crippen molar-refractivity contribution in [3.63, 3.8) is 0 Å². The van der Waals surface area contributed by atoms with E-state index in [1.54, 1.807) is 23.1 Å². The quantitative estimate of drug-likeness (QED) is 0.702. The molecule has 1 aromatic rings. The molecular weight excluding hydrogens is 427 g/mol. The van der Waals surface area contributed by atoms with Crippen LogP contribution in [0.25, 0.3) is 0 Å². The Labute approximate surface area is 181 Å². The summed E-state index contributed by atoms with van der Waals surface area (Å²) in [5, 5.41) is 2.25. The number of carbonyl (C=O) groups excluding carboxylic acids is 4. The number of nitrogens with zero attached hydrogens (tertiary/aromatic N) is 2. The minimum absolute atomic E-state index is 0.0693. The molecule has 1 aromatic carbocycles. The molecule has 0 aromatic heterocycles. The average Bonchev–Trinajstić information content (AvgIpc) is 3.29. The first-order valence-corrected chi connectivity index (χ1v) is 10.7. The van der Waals surface area contributed by atoms with Crippen molar-refractivity contribution >= 4 is 23.6 Å². The number of halogens is 3. The monoisotopic (exact) mass is 449 g/mol. The minimum Gasteiger partial charge on any atom is -0.337 e. The van der Waals surface area contributed by atoms with E-state index in [-0.39, 0.29) is 49.9 Å². The van der Waals surface area contributed by atoms with Crippen LogP contribution in [0, 0.1) is 11.3 Å². The van der Waals surface area contributed by atoms with Gasteiger partial charge in [0.1, 0.15) is 6.04 Å². The number of carbonyl (C=O) groups is 4. The van der Waals surface area contributed by atoms with Gasteiger partial charge in [0.05, 0.1) is 5.92 Å². The van der Waals surface area contributed by atoms with Crippen molar-refractivity contribution in [3.05, 3.63) is 34.9 Å². The first kappa shape index (κ1) is 21.0. The summed E-state index contributed by atoms with van der Waals surface area (Å²) >= 11 is 0. The Hall–Kier alpha value is -2.91. The van der Waals surface area contributed by atoms with Crippen molar-refractivity contribution in [1.29, 1.82) is 0 Å². The Bertz CT molecular complexity index is 1030. The van der Waals surface area contributed by atoms with E-state index in [1.165, 1.54) is 4.90 Å². The van der Waals surface area contributed by atoms with Crippen LogP contribution in [0.4, 0.5) is 13.2 Å². The number of nitrogens with one attached hydrogen (secondary N) is 1. The summed E-state index contributed by atoms with van der Waals surface area (Å²) in [5.74, 6) is -2.73. The van der Waals surface area contributed by atoms with Gasteiger partial charge in [-0.3, -0.25) is 24.5 Å². The summed E-state index contributed by atoms with van der Waals surface area (Å²) in [7, 11) is 0. The van der Waals surface area contributed by atoms with E-state index in [1.807, 2.05) is 0 Å². The standard InChI is InChI=1S/C22H22F3N3O4/c23-22(24,25)14-5-6-21(8-14)10-27(11-21)19(31)12-1-2-15-13(7-12)9-28(20(15)32)16-3-4-17(29)26-18(16)30/h1-2,7,14,16H,3-6,8-11H2,(H,26,29,30). The number of piperidine rings is 1. The fraction of sp³-hybridized carbons (Fsp3) is 0.545. The van der Waals surface area contributed by atoms with Crippen LogP contribution in [0.2, 0.25) is 0 Å². The van der Waals surface area contributed by atoms with Crippen LogP contribution in [-0.2, 0) is 16.1 Å².